The molecule has 1 aliphatic rings. The molecule has 1 aromatic carbocycles. The lowest BCUT2D eigenvalue weighted by atomic mass is 10.0. The van der Waals surface area contributed by atoms with Gasteiger partial charge in [-0.2, -0.15) is 0 Å². The Hall–Kier alpha value is -2.47. The molecule has 128 valence electrons. The van der Waals surface area contributed by atoms with Gasteiger partial charge in [-0.1, -0.05) is 12.1 Å². The van der Waals surface area contributed by atoms with Crippen LogP contribution in [0.2, 0.25) is 0 Å². The van der Waals surface area contributed by atoms with Crippen molar-refractivity contribution in [3.63, 3.8) is 0 Å². The molecule has 1 amide bonds. The molecule has 0 spiro atoms. The zero-order valence-electron chi connectivity index (χ0n) is 14.2. The van der Waals surface area contributed by atoms with Gasteiger partial charge >= 0.3 is 0 Å². The van der Waals surface area contributed by atoms with Gasteiger partial charge in [0, 0.05) is 11.4 Å². The summed E-state index contributed by atoms with van der Waals surface area (Å²) in [7, 11) is 0. The van der Waals surface area contributed by atoms with E-state index in [0.29, 0.717) is 17.4 Å². The van der Waals surface area contributed by atoms with Gasteiger partial charge < -0.3 is 4.90 Å². The zero-order valence-corrected chi connectivity index (χ0v) is 15.0. The number of carbonyl (C=O) groups excluding carboxylic acids is 1. The van der Waals surface area contributed by atoms with Crippen LogP contribution in [0.15, 0.2) is 40.8 Å². The summed E-state index contributed by atoms with van der Waals surface area (Å²) in [5.74, 6) is -0.0414. The molecule has 3 aromatic rings. The topological polar surface area (TPSA) is 55.2 Å². The van der Waals surface area contributed by atoms with Gasteiger partial charge in [0.15, 0.2) is 0 Å². The molecule has 0 bridgehead atoms. The second-order valence-electron chi connectivity index (χ2n) is 6.46. The number of aryl methyl sites for hydroxylation is 1. The molecule has 0 saturated carbocycles. The van der Waals surface area contributed by atoms with Gasteiger partial charge in [0.2, 0.25) is 5.91 Å². The maximum absolute atomic E-state index is 12.8. The number of fused-ring (bicyclic) bond motifs is 2. The number of nitrogens with zero attached hydrogens (tertiary/aromatic N) is 3. The number of hydrogen-bond donors (Lipinski definition) is 0. The molecular formula is C19H19N3O2S. The Balaban J connectivity index is 1.63. The third-order valence-electron chi connectivity index (χ3n) is 4.96. The Bertz CT molecular complexity index is 1020. The van der Waals surface area contributed by atoms with Gasteiger partial charge in [-0.25, -0.2) is 4.98 Å². The molecule has 1 unspecified atom stereocenters. The molecular weight excluding hydrogens is 334 g/mol. The van der Waals surface area contributed by atoms with E-state index in [9.17, 15) is 9.59 Å². The van der Waals surface area contributed by atoms with Crippen LogP contribution in [0.1, 0.15) is 29.0 Å². The third kappa shape index (κ3) is 2.66. The minimum absolute atomic E-state index is 0.0273. The molecule has 0 saturated heterocycles. The van der Waals surface area contributed by atoms with Crippen molar-refractivity contribution in [3.8, 4) is 0 Å². The molecule has 2 aromatic heterocycles. The van der Waals surface area contributed by atoms with E-state index in [1.807, 2.05) is 30.9 Å². The van der Waals surface area contributed by atoms with Crippen LogP contribution >= 0.6 is 11.3 Å². The molecule has 0 radical (unpaired) electrons. The summed E-state index contributed by atoms with van der Waals surface area (Å²) in [6.07, 6.45) is 2.37. The summed E-state index contributed by atoms with van der Waals surface area (Å²) >= 11 is 1.75. The number of aromatic nitrogens is 2. The first-order chi connectivity index (χ1) is 12.1. The quantitative estimate of drug-likeness (QED) is 0.712. The second kappa shape index (κ2) is 6.11. The second-order valence-corrected chi connectivity index (χ2v) is 7.46. The van der Waals surface area contributed by atoms with Crippen molar-refractivity contribution in [2.75, 3.05) is 6.54 Å². The normalized spacial score (nSPS) is 16.9. The van der Waals surface area contributed by atoms with Crippen LogP contribution in [0.4, 0.5) is 0 Å². The maximum atomic E-state index is 12.8. The van der Waals surface area contributed by atoms with E-state index in [2.05, 4.69) is 16.4 Å². The van der Waals surface area contributed by atoms with Gasteiger partial charge in [0.25, 0.3) is 5.56 Å². The van der Waals surface area contributed by atoms with E-state index in [1.165, 1.54) is 21.3 Å². The highest BCUT2D eigenvalue weighted by molar-refractivity contribution is 7.10. The number of rotatable bonds is 2. The van der Waals surface area contributed by atoms with Gasteiger partial charge in [-0.15, -0.1) is 11.3 Å². The minimum Gasteiger partial charge on any atom is -0.334 e. The fraction of sp³-hybridized carbons (Fsp3) is 0.316. The van der Waals surface area contributed by atoms with Gasteiger partial charge in [0.1, 0.15) is 6.54 Å². The van der Waals surface area contributed by atoms with Crippen molar-refractivity contribution >= 4 is 28.1 Å². The fourth-order valence-corrected chi connectivity index (χ4v) is 4.50. The minimum atomic E-state index is -0.164. The van der Waals surface area contributed by atoms with Crippen molar-refractivity contribution in [1.29, 1.82) is 0 Å². The van der Waals surface area contributed by atoms with Crippen molar-refractivity contribution in [2.45, 2.75) is 32.9 Å². The Morgan fingerprint density at radius 3 is 3.04 bits per heavy atom. The number of carbonyl (C=O) groups is 1. The van der Waals surface area contributed by atoms with E-state index in [4.69, 9.17) is 0 Å². The zero-order chi connectivity index (χ0) is 17.6. The average Bonchev–Trinajstić information content (AvgIpc) is 3.08. The molecule has 4 rings (SSSR count). The Morgan fingerprint density at radius 1 is 1.36 bits per heavy atom. The van der Waals surface area contributed by atoms with E-state index < -0.39 is 0 Å². The van der Waals surface area contributed by atoms with Crippen molar-refractivity contribution < 1.29 is 4.79 Å². The SMILES string of the molecule is Cc1cccc2c(=O)n(CC(=O)N3CCc4sccc4C3C)cnc12. The molecule has 5 nitrogen and oxygen atoms in total. The molecule has 6 heteroatoms. The van der Waals surface area contributed by atoms with E-state index in [-0.39, 0.29) is 24.1 Å². The standard InChI is InChI=1S/C19H19N3O2S/c1-12-4-3-5-15-18(12)20-11-21(19(15)24)10-17(23)22-8-6-16-14(13(22)2)7-9-25-16/h3-5,7,9,11,13H,6,8,10H2,1-2H3. The predicted molar refractivity (Wildman–Crippen MR) is 98.9 cm³/mol. The Morgan fingerprint density at radius 2 is 2.20 bits per heavy atom. The Labute approximate surface area is 149 Å². The van der Waals surface area contributed by atoms with Crippen molar-refractivity contribution in [3.05, 3.63) is 62.3 Å². The number of para-hydroxylation sites is 1. The first-order valence-electron chi connectivity index (χ1n) is 8.37. The average molecular weight is 353 g/mol. The van der Waals surface area contributed by atoms with Crippen LogP contribution in [0.5, 0.6) is 0 Å². The van der Waals surface area contributed by atoms with Crippen molar-refractivity contribution in [1.82, 2.24) is 14.5 Å². The number of benzene rings is 1. The lowest BCUT2D eigenvalue weighted by molar-refractivity contribution is -0.134. The first kappa shape index (κ1) is 16.0. The summed E-state index contributed by atoms with van der Waals surface area (Å²) < 4.78 is 1.42. The molecule has 25 heavy (non-hydrogen) atoms. The molecule has 0 N–H and O–H groups in total. The summed E-state index contributed by atoms with van der Waals surface area (Å²) in [5.41, 5.74) is 2.72. The van der Waals surface area contributed by atoms with Crippen LogP contribution in [-0.4, -0.2) is 26.9 Å². The fourth-order valence-electron chi connectivity index (χ4n) is 3.54. The van der Waals surface area contributed by atoms with Crippen LogP contribution in [0, 0.1) is 6.92 Å². The first-order valence-corrected chi connectivity index (χ1v) is 9.24. The monoisotopic (exact) mass is 353 g/mol. The molecule has 3 heterocycles. The number of thiophene rings is 1. The van der Waals surface area contributed by atoms with E-state index in [0.717, 1.165) is 12.0 Å². The molecule has 0 fully saturated rings. The molecule has 1 aliphatic heterocycles. The summed E-state index contributed by atoms with van der Waals surface area (Å²) in [5, 5.41) is 2.64. The van der Waals surface area contributed by atoms with Crippen LogP contribution < -0.4 is 5.56 Å². The third-order valence-corrected chi connectivity index (χ3v) is 5.95. The summed E-state index contributed by atoms with van der Waals surface area (Å²) in [6, 6.07) is 7.68. The largest absolute Gasteiger partial charge is 0.334 e. The van der Waals surface area contributed by atoms with E-state index in [1.54, 1.807) is 17.4 Å². The smallest absolute Gasteiger partial charge is 0.261 e. The maximum Gasteiger partial charge on any atom is 0.261 e. The highest BCUT2D eigenvalue weighted by Gasteiger charge is 2.28. The van der Waals surface area contributed by atoms with Crippen LogP contribution in [0.3, 0.4) is 0 Å². The predicted octanol–water partition coefficient (Wildman–Crippen LogP) is 2.91. The lowest BCUT2D eigenvalue weighted by Crippen LogP contribution is -2.41. The lowest BCUT2D eigenvalue weighted by Gasteiger charge is -2.33. The van der Waals surface area contributed by atoms with Crippen LogP contribution in [0.25, 0.3) is 10.9 Å². The molecule has 0 aliphatic carbocycles. The summed E-state index contributed by atoms with van der Waals surface area (Å²) in [4.78, 5) is 33.1. The number of hydrogen-bond acceptors (Lipinski definition) is 4. The van der Waals surface area contributed by atoms with Gasteiger partial charge in [0.05, 0.1) is 23.3 Å². The van der Waals surface area contributed by atoms with Gasteiger partial charge in [-0.3, -0.25) is 14.2 Å². The van der Waals surface area contributed by atoms with Crippen LogP contribution in [-0.2, 0) is 17.8 Å². The van der Waals surface area contributed by atoms with E-state index >= 15 is 0 Å². The van der Waals surface area contributed by atoms with Crippen molar-refractivity contribution in [2.24, 2.45) is 0 Å². The van der Waals surface area contributed by atoms with Gasteiger partial charge in [-0.05, 0) is 48.9 Å². The highest BCUT2D eigenvalue weighted by atomic mass is 32.1. The highest BCUT2D eigenvalue weighted by Crippen LogP contribution is 2.32. The number of amides is 1. The summed E-state index contributed by atoms with van der Waals surface area (Å²) in [6.45, 7) is 4.70. The molecule has 1 atom stereocenters. The Kier molecular flexibility index (Phi) is 3.92.